The lowest BCUT2D eigenvalue weighted by molar-refractivity contribution is -0.118. The van der Waals surface area contributed by atoms with Crippen molar-refractivity contribution in [3.8, 4) is 0 Å². The number of hydrogen-bond donors (Lipinski definition) is 4. The van der Waals surface area contributed by atoms with Crippen molar-refractivity contribution in [2.24, 2.45) is 0 Å². The van der Waals surface area contributed by atoms with Crippen molar-refractivity contribution < 1.29 is 19.2 Å². The molecule has 0 bridgehead atoms. The number of hydrazine groups is 2. The molecule has 2 fully saturated rings. The Kier molecular flexibility index (Phi) is 3.57. The Hall–Kier alpha value is -2.02. The van der Waals surface area contributed by atoms with Crippen LogP contribution in [0.1, 0.15) is 0 Å². The van der Waals surface area contributed by atoms with Crippen LogP contribution in [0, 0.1) is 0 Å². The molecule has 8 nitrogen and oxygen atoms in total. The van der Waals surface area contributed by atoms with Gasteiger partial charge in [0, 0.05) is 19.6 Å². The molecule has 4 heterocycles. The molecule has 130 valence electrons. The Morgan fingerprint density at radius 2 is 0.769 bits per heavy atom. The Labute approximate surface area is 162 Å². The summed E-state index contributed by atoms with van der Waals surface area (Å²) in [6, 6.07) is 3.91. The first-order chi connectivity index (χ1) is 12.5. The van der Waals surface area contributed by atoms with E-state index in [1.807, 2.05) is 12.1 Å². The lowest BCUT2D eigenvalue weighted by Crippen LogP contribution is -2.28. The van der Waals surface area contributed by atoms with Crippen molar-refractivity contribution in [1.82, 2.24) is 21.7 Å². The van der Waals surface area contributed by atoms with Gasteiger partial charge in [-0.15, -0.1) is 0 Å². The summed E-state index contributed by atoms with van der Waals surface area (Å²) in [6.07, 6.45) is 0. The molecule has 0 saturated carbocycles. The Morgan fingerprint density at radius 3 is 1.04 bits per heavy atom. The van der Waals surface area contributed by atoms with Crippen LogP contribution in [0.25, 0.3) is 0 Å². The molecule has 4 aliphatic rings. The zero-order valence-electron chi connectivity index (χ0n) is 12.4. The molecule has 0 atom stereocenters. The predicted octanol–water partition coefficient (Wildman–Crippen LogP) is 0.827. The fourth-order valence-corrected chi connectivity index (χ4v) is 7.89. The van der Waals surface area contributed by atoms with E-state index < -0.39 is 23.6 Å². The fourth-order valence-electron chi connectivity index (χ4n) is 2.54. The Bertz CT molecular complexity index is 880. The molecule has 4 aliphatic heterocycles. The van der Waals surface area contributed by atoms with Gasteiger partial charge in [0.25, 0.3) is 23.6 Å². The van der Waals surface area contributed by atoms with Crippen LogP contribution in [0.5, 0.6) is 0 Å². The molecule has 0 unspecified atom stereocenters. The molecule has 12 heteroatoms. The third kappa shape index (κ3) is 2.36. The van der Waals surface area contributed by atoms with Crippen LogP contribution < -0.4 is 21.7 Å². The first kappa shape index (κ1) is 16.2. The van der Waals surface area contributed by atoms with E-state index >= 15 is 0 Å². The van der Waals surface area contributed by atoms with Gasteiger partial charge in [-0.1, -0.05) is 47.0 Å². The molecule has 0 aromatic heterocycles. The molecular weight excluding hydrogens is 416 g/mol. The van der Waals surface area contributed by atoms with Crippen LogP contribution in [0.2, 0.25) is 0 Å². The minimum atomic E-state index is -0.431. The number of carbonyl (C=O) groups is 4. The second-order valence-corrected chi connectivity index (χ2v) is 10.0. The second kappa shape index (κ2) is 5.74. The van der Waals surface area contributed by atoms with E-state index in [0.717, 1.165) is 19.6 Å². The average Bonchev–Trinajstić information content (AvgIpc) is 3.32. The maximum atomic E-state index is 11.8. The number of carbonyl (C=O) groups excluding carboxylic acids is 4. The van der Waals surface area contributed by atoms with Crippen LogP contribution in [0.15, 0.2) is 51.3 Å². The van der Waals surface area contributed by atoms with Gasteiger partial charge >= 0.3 is 0 Å². The van der Waals surface area contributed by atoms with Gasteiger partial charge in [0.1, 0.15) is 11.1 Å². The first-order valence-electron chi connectivity index (χ1n) is 7.10. The largest absolute Gasteiger partial charge is 0.277 e. The van der Waals surface area contributed by atoms with Crippen molar-refractivity contribution in [2.45, 2.75) is 19.6 Å². The minimum Gasteiger partial charge on any atom is -0.267 e. The van der Waals surface area contributed by atoms with E-state index in [1.165, 1.54) is 47.0 Å². The van der Waals surface area contributed by atoms with E-state index in [-0.39, 0.29) is 11.1 Å². The van der Waals surface area contributed by atoms with Gasteiger partial charge in [-0.05, 0) is 12.1 Å². The maximum Gasteiger partial charge on any atom is 0.277 e. The topological polar surface area (TPSA) is 116 Å². The standard InChI is InChI=1S/C14H6N4O4S4/c19-9-7(10(20)16-15-9)13-23-3-1-4-6(2-5(3)25-13)26-14(24-4)8-11(21)17-18-12(8)22/h1-2H,(H,15,19)(H,16,20)(H,17,21)(H,18,22). The Balaban J connectivity index is 1.49. The molecule has 5 rings (SSSR count). The smallest absolute Gasteiger partial charge is 0.267 e. The summed E-state index contributed by atoms with van der Waals surface area (Å²) in [4.78, 5) is 51.0. The van der Waals surface area contributed by atoms with Gasteiger partial charge in [0.2, 0.25) is 0 Å². The van der Waals surface area contributed by atoms with E-state index in [2.05, 4.69) is 21.7 Å². The summed E-state index contributed by atoms with van der Waals surface area (Å²) in [5, 5.41) is 0. The SMILES string of the molecule is O=C1NNC(=O)C1=C1Sc2cc3c(cc2S1)SC(=C1C(=O)NNC1=O)S3. The zero-order chi connectivity index (χ0) is 18.0. The summed E-state index contributed by atoms with van der Waals surface area (Å²) in [7, 11) is 0. The van der Waals surface area contributed by atoms with E-state index in [1.54, 1.807) is 0 Å². The number of amides is 4. The van der Waals surface area contributed by atoms with E-state index in [4.69, 9.17) is 0 Å². The summed E-state index contributed by atoms with van der Waals surface area (Å²) in [6.45, 7) is 0. The highest BCUT2D eigenvalue weighted by molar-refractivity contribution is 8.25. The Morgan fingerprint density at radius 1 is 0.500 bits per heavy atom. The highest BCUT2D eigenvalue weighted by Gasteiger charge is 2.36. The lowest BCUT2D eigenvalue weighted by Gasteiger charge is -1.99. The molecular formula is C14H6N4O4S4. The number of thioether (sulfide) groups is 4. The second-order valence-electron chi connectivity index (χ2n) is 5.30. The zero-order valence-corrected chi connectivity index (χ0v) is 15.7. The number of rotatable bonds is 0. The highest BCUT2D eigenvalue weighted by Crippen LogP contribution is 2.59. The van der Waals surface area contributed by atoms with Crippen LogP contribution in [0.3, 0.4) is 0 Å². The minimum absolute atomic E-state index is 0.124. The fraction of sp³-hybridized carbons (Fsp3) is 0. The normalized spacial score (nSPS) is 20.9. The van der Waals surface area contributed by atoms with Gasteiger partial charge in [-0.25, -0.2) is 0 Å². The summed E-state index contributed by atoms with van der Waals surface area (Å²) in [5.74, 6) is -1.72. The van der Waals surface area contributed by atoms with Crippen LogP contribution in [0.4, 0.5) is 0 Å². The van der Waals surface area contributed by atoms with Crippen LogP contribution in [-0.2, 0) is 19.2 Å². The van der Waals surface area contributed by atoms with Crippen molar-refractivity contribution >= 4 is 70.7 Å². The number of benzene rings is 1. The van der Waals surface area contributed by atoms with Gasteiger partial charge in [-0.2, -0.15) is 0 Å². The molecule has 0 radical (unpaired) electrons. The average molecular weight is 422 g/mol. The third-order valence-corrected chi connectivity index (χ3v) is 8.76. The number of nitrogens with one attached hydrogen (secondary N) is 4. The molecule has 0 aliphatic carbocycles. The van der Waals surface area contributed by atoms with Gasteiger partial charge in [0.15, 0.2) is 0 Å². The molecule has 4 amide bonds. The molecule has 1 aromatic rings. The summed E-state index contributed by atoms with van der Waals surface area (Å²) < 4.78 is 1.28. The van der Waals surface area contributed by atoms with Gasteiger partial charge < -0.3 is 0 Å². The number of hydrogen-bond acceptors (Lipinski definition) is 8. The predicted molar refractivity (Wildman–Crippen MR) is 96.5 cm³/mol. The third-order valence-electron chi connectivity index (χ3n) is 3.72. The van der Waals surface area contributed by atoms with Gasteiger partial charge in [-0.3, -0.25) is 40.9 Å². The first-order valence-corrected chi connectivity index (χ1v) is 10.4. The van der Waals surface area contributed by atoms with Crippen molar-refractivity contribution in [3.63, 3.8) is 0 Å². The maximum absolute atomic E-state index is 11.8. The van der Waals surface area contributed by atoms with Crippen molar-refractivity contribution in [1.29, 1.82) is 0 Å². The summed E-state index contributed by atoms with van der Waals surface area (Å²) >= 11 is 5.46. The van der Waals surface area contributed by atoms with E-state index in [9.17, 15) is 19.2 Å². The molecule has 0 spiro atoms. The lowest BCUT2D eigenvalue weighted by atomic mass is 10.3. The molecule has 4 N–H and O–H groups in total. The summed E-state index contributed by atoms with van der Waals surface area (Å²) in [5.41, 5.74) is 9.45. The van der Waals surface area contributed by atoms with Crippen molar-refractivity contribution in [2.75, 3.05) is 0 Å². The van der Waals surface area contributed by atoms with Crippen molar-refractivity contribution in [3.05, 3.63) is 31.8 Å². The molecule has 1 aromatic carbocycles. The number of fused-ring (bicyclic) bond motifs is 2. The monoisotopic (exact) mass is 422 g/mol. The van der Waals surface area contributed by atoms with Crippen LogP contribution in [-0.4, -0.2) is 23.6 Å². The molecule has 2 saturated heterocycles. The van der Waals surface area contributed by atoms with Gasteiger partial charge in [0.05, 0.1) is 8.47 Å². The van der Waals surface area contributed by atoms with Crippen LogP contribution >= 0.6 is 47.0 Å². The van der Waals surface area contributed by atoms with E-state index in [0.29, 0.717) is 8.47 Å². The quantitative estimate of drug-likeness (QED) is 0.359. The molecule has 26 heavy (non-hydrogen) atoms. The highest BCUT2D eigenvalue weighted by atomic mass is 32.2.